The van der Waals surface area contributed by atoms with Crippen LogP contribution in [0.25, 0.3) is 0 Å². The number of amides is 2. The first kappa shape index (κ1) is 24.5. The highest BCUT2D eigenvalue weighted by molar-refractivity contribution is 6.42. The van der Waals surface area contributed by atoms with Crippen molar-refractivity contribution in [3.05, 3.63) is 68.7 Å². The Balaban J connectivity index is 2.23. The molecule has 0 aliphatic rings. The van der Waals surface area contributed by atoms with E-state index in [1.54, 1.807) is 17.0 Å². The van der Waals surface area contributed by atoms with Crippen molar-refractivity contribution in [2.75, 3.05) is 6.54 Å². The van der Waals surface area contributed by atoms with Gasteiger partial charge in [0.25, 0.3) is 0 Å². The molecule has 1 N–H and O–H groups in total. The van der Waals surface area contributed by atoms with E-state index in [0.29, 0.717) is 34.5 Å². The number of nitrogens with zero attached hydrogens (tertiary/aromatic N) is 1. The predicted octanol–water partition coefficient (Wildman–Crippen LogP) is 5.91. The number of hydrogen-bond donors (Lipinski definition) is 1. The summed E-state index contributed by atoms with van der Waals surface area (Å²) in [6.45, 7) is 4.74. The second kappa shape index (κ2) is 12.2. The maximum atomic E-state index is 13.2. The maximum absolute atomic E-state index is 13.2. The molecule has 2 amide bonds. The molecule has 0 bridgehead atoms. The lowest BCUT2D eigenvalue weighted by molar-refractivity contribution is -0.141. The summed E-state index contributed by atoms with van der Waals surface area (Å²) >= 11 is 18.4. The van der Waals surface area contributed by atoms with Crippen LogP contribution in [0.1, 0.15) is 44.2 Å². The quantitative estimate of drug-likeness (QED) is 0.470. The Morgan fingerprint density at radius 2 is 1.73 bits per heavy atom. The zero-order valence-electron chi connectivity index (χ0n) is 17.3. The fraction of sp³-hybridized carbons (Fsp3) is 0.391. The first-order valence-electron chi connectivity index (χ1n) is 10.1. The van der Waals surface area contributed by atoms with Gasteiger partial charge in [0.1, 0.15) is 6.04 Å². The minimum atomic E-state index is -0.565. The number of benzene rings is 2. The van der Waals surface area contributed by atoms with Crippen LogP contribution in [-0.4, -0.2) is 29.3 Å². The molecule has 0 heterocycles. The van der Waals surface area contributed by atoms with Gasteiger partial charge >= 0.3 is 0 Å². The lowest BCUT2D eigenvalue weighted by atomic mass is 10.1. The van der Waals surface area contributed by atoms with E-state index >= 15 is 0 Å². The number of carbonyl (C=O) groups excluding carboxylic acids is 2. The number of rotatable bonds is 10. The van der Waals surface area contributed by atoms with Crippen molar-refractivity contribution in [2.45, 2.75) is 52.1 Å². The molecular weight excluding hydrogens is 443 g/mol. The first-order chi connectivity index (χ1) is 14.4. The van der Waals surface area contributed by atoms with Gasteiger partial charge in [-0.2, -0.15) is 0 Å². The summed E-state index contributed by atoms with van der Waals surface area (Å²) in [5, 5.41) is 4.41. The average molecular weight is 470 g/mol. The normalized spacial score (nSPS) is 11.8. The summed E-state index contributed by atoms with van der Waals surface area (Å²) in [4.78, 5) is 27.6. The van der Waals surface area contributed by atoms with Gasteiger partial charge in [0.2, 0.25) is 11.8 Å². The molecule has 0 spiro atoms. The molecule has 0 aliphatic carbocycles. The minimum Gasteiger partial charge on any atom is -0.354 e. The van der Waals surface area contributed by atoms with E-state index < -0.39 is 6.04 Å². The first-order valence-corrected chi connectivity index (χ1v) is 11.2. The largest absolute Gasteiger partial charge is 0.354 e. The Morgan fingerprint density at radius 3 is 2.37 bits per heavy atom. The fourth-order valence-corrected chi connectivity index (χ4v) is 3.76. The summed E-state index contributed by atoms with van der Waals surface area (Å²) in [6, 6.07) is 12.1. The predicted molar refractivity (Wildman–Crippen MR) is 124 cm³/mol. The lowest BCUT2D eigenvalue weighted by Crippen LogP contribution is -2.49. The summed E-state index contributed by atoms with van der Waals surface area (Å²) in [7, 11) is 0. The Labute approximate surface area is 193 Å². The van der Waals surface area contributed by atoms with Crippen LogP contribution in [0.15, 0.2) is 42.5 Å². The van der Waals surface area contributed by atoms with E-state index in [-0.39, 0.29) is 24.8 Å². The third kappa shape index (κ3) is 6.90. The lowest BCUT2D eigenvalue weighted by Gasteiger charge is -2.31. The van der Waals surface area contributed by atoms with E-state index in [1.165, 1.54) is 0 Å². The van der Waals surface area contributed by atoms with Gasteiger partial charge < -0.3 is 10.2 Å². The van der Waals surface area contributed by atoms with Gasteiger partial charge in [-0.1, -0.05) is 72.9 Å². The molecule has 2 aromatic rings. The Morgan fingerprint density at radius 1 is 1.00 bits per heavy atom. The van der Waals surface area contributed by atoms with Crippen molar-refractivity contribution >= 4 is 46.6 Å². The van der Waals surface area contributed by atoms with Crippen LogP contribution in [0.3, 0.4) is 0 Å². The number of carbonyl (C=O) groups is 2. The minimum absolute atomic E-state index is 0.112. The van der Waals surface area contributed by atoms with Crippen molar-refractivity contribution in [3.63, 3.8) is 0 Å². The standard InChI is InChI=1S/C23H27Cl3N2O2/c1-3-13-27-23(30)21(4-2)28(15-16-9-11-19(25)20(26)14-16)22(29)12-10-17-7-5-6-8-18(17)24/h5-9,11,14,21H,3-4,10,12-13,15H2,1-2H3,(H,27,30)/t21-/m0/s1. The molecule has 2 rings (SSSR count). The van der Waals surface area contributed by atoms with Gasteiger partial charge in [0, 0.05) is 24.5 Å². The third-order valence-electron chi connectivity index (χ3n) is 4.84. The summed E-state index contributed by atoms with van der Waals surface area (Å²) < 4.78 is 0. The van der Waals surface area contributed by atoms with E-state index in [4.69, 9.17) is 34.8 Å². The van der Waals surface area contributed by atoms with E-state index in [1.807, 2.05) is 44.2 Å². The molecule has 0 saturated heterocycles. The second-order valence-electron chi connectivity index (χ2n) is 7.08. The third-order valence-corrected chi connectivity index (χ3v) is 5.95. The SMILES string of the molecule is CCCNC(=O)[C@H](CC)N(Cc1ccc(Cl)c(Cl)c1)C(=O)CCc1ccccc1Cl. The van der Waals surface area contributed by atoms with Crippen LogP contribution >= 0.6 is 34.8 Å². The van der Waals surface area contributed by atoms with Gasteiger partial charge in [-0.05, 0) is 48.6 Å². The molecule has 7 heteroatoms. The molecule has 162 valence electrons. The van der Waals surface area contributed by atoms with Crippen LogP contribution in [0.2, 0.25) is 15.1 Å². The van der Waals surface area contributed by atoms with Crippen LogP contribution < -0.4 is 5.32 Å². The molecule has 0 unspecified atom stereocenters. The zero-order valence-corrected chi connectivity index (χ0v) is 19.5. The van der Waals surface area contributed by atoms with Crippen LogP contribution in [0.5, 0.6) is 0 Å². The van der Waals surface area contributed by atoms with Crippen molar-refractivity contribution in [1.29, 1.82) is 0 Å². The van der Waals surface area contributed by atoms with Crippen molar-refractivity contribution in [1.82, 2.24) is 10.2 Å². The van der Waals surface area contributed by atoms with Gasteiger partial charge in [0.05, 0.1) is 10.0 Å². The van der Waals surface area contributed by atoms with E-state index in [0.717, 1.165) is 17.5 Å². The summed E-state index contributed by atoms with van der Waals surface area (Å²) in [5.74, 6) is -0.259. The molecule has 0 saturated carbocycles. The van der Waals surface area contributed by atoms with Crippen molar-refractivity contribution in [3.8, 4) is 0 Å². The molecule has 0 fully saturated rings. The maximum Gasteiger partial charge on any atom is 0.242 e. The number of hydrogen-bond acceptors (Lipinski definition) is 2. The molecular formula is C23H27Cl3N2O2. The molecule has 0 radical (unpaired) electrons. The second-order valence-corrected chi connectivity index (χ2v) is 8.30. The van der Waals surface area contributed by atoms with Crippen LogP contribution in [-0.2, 0) is 22.6 Å². The van der Waals surface area contributed by atoms with Crippen molar-refractivity contribution in [2.24, 2.45) is 0 Å². The highest BCUT2D eigenvalue weighted by atomic mass is 35.5. The monoisotopic (exact) mass is 468 g/mol. The number of aryl methyl sites for hydroxylation is 1. The van der Waals surface area contributed by atoms with Crippen LogP contribution in [0.4, 0.5) is 0 Å². The topological polar surface area (TPSA) is 49.4 Å². The molecule has 2 aromatic carbocycles. The Kier molecular flexibility index (Phi) is 9.96. The van der Waals surface area contributed by atoms with Crippen LogP contribution in [0, 0.1) is 0 Å². The van der Waals surface area contributed by atoms with Gasteiger partial charge in [-0.25, -0.2) is 0 Å². The highest BCUT2D eigenvalue weighted by Crippen LogP contribution is 2.25. The fourth-order valence-electron chi connectivity index (χ4n) is 3.21. The van der Waals surface area contributed by atoms with E-state index in [9.17, 15) is 9.59 Å². The zero-order chi connectivity index (χ0) is 22.1. The smallest absolute Gasteiger partial charge is 0.242 e. The van der Waals surface area contributed by atoms with Gasteiger partial charge in [0.15, 0.2) is 0 Å². The average Bonchev–Trinajstić information content (AvgIpc) is 2.73. The molecule has 4 nitrogen and oxygen atoms in total. The summed E-state index contributed by atoms with van der Waals surface area (Å²) in [5.41, 5.74) is 1.72. The summed E-state index contributed by atoms with van der Waals surface area (Å²) in [6.07, 6.45) is 2.09. The number of halogens is 3. The molecule has 0 aliphatic heterocycles. The Hall–Kier alpha value is -1.75. The van der Waals surface area contributed by atoms with Gasteiger partial charge in [-0.3, -0.25) is 9.59 Å². The highest BCUT2D eigenvalue weighted by Gasteiger charge is 2.28. The van der Waals surface area contributed by atoms with E-state index in [2.05, 4.69) is 5.32 Å². The van der Waals surface area contributed by atoms with Crippen molar-refractivity contribution < 1.29 is 9.59 Å². The molecule has 0 aromatic heterocycles. The number of nitrogens with one attached hydrogen (secondary N) is 1. The molecule has 1 atom stereocenters. The van der Waals surface area contributed by atoms with Gasteiger partial charge in [-0.15, -0.1) is 0 Å². The molecule has 30 heavy (non-hydrogen) atoms. The Bertz CT molecular complexity index is 873.